The third kappa shape index (κ3) is 2.88. The van der Waals surface area contributed by atoms with Crippen LogP contribution in [0.3, 0.4) is 0 Å². The predicted molar refractivity (Wildman–Crippen MR) is 82.3 cm³/mol. The second-order valence-corrected chi connectivity index (χ2v) is 6.89. The summed E-state index contributed by atoms with van der Waals surface area (Å²) in [5.41, 5.74) is 8.48. The van der Waals surface area contributed by atoms with Gasteiger partial charge in [-0.15, -0.1) is 0 Å². The van der Waals surface area contributed by atoms with E-state index < -0.39 is 6.04 Å². The summed E-state index contributed by atoms with van der Waals surface area (Å²) in [6.45, 7) is 9.00. The van der Waals surface area contributed by atoms with Crippen molar-refractivity contribution in [1.29, 1.82) is 0 Å². The minimum Gasteiger partial charge on any atom is -0.334 e. The number of carbonyl (C=O) groups excluding carboxylic acids is 1. The Bertz CT molecular complexity index is 490. The van der Waals surface area contributed by atoms with Crippen LogP contribution in [-0.4, -0.2) is 23.4 Å². The molecule has 0 aliphatic carbocycles. The normalized spacial score (nSPS) is 21.1. The summed E-state index contributed by atoms with van der Waals surface area (Å²) in [4.78, 5) is 14.7. The summed E-state index contributed by atoms with van der Waals surface area (Å²) in [7, 11) is 0. The van der Waals surface area contributed by atoms with E-state index in [2.05, 4.69) is 19.1 Å². The number of likely N-dealkylation sites (tertiary alicyclic amines) is 1. The van der Waals surface area contributed by atoms with Crippen LogP contribution >= 0.6 is 0 Å². The highest BCUT2D eigenvalue weighted by molar-refractivity contribution is 5.83. The first-order chi connectivity index (χ1) is 9.32. The van der Waals surface area contributed by atoms with E-state index in [1.165, 1.54) is 11.1 Å². The highest BCUT2D eigenvalue weighted by Crippen LogP contribution is 2.35. The highest BCUT2D eigenvalue weighted by Gasteiger charge is 2.37. The van der Waals surface area contributed by atoms with E-state index >= 15 is 0 Å². The number of benzene rings is 1. The Morgan fingerprint density at radius 2 is 2.00 bits per heavy atom. The Morgan fingerprint density at radius 1 is 1.35 bits per heavy atom. The molecule has 1 saturated heterocycles. The average molecular weight is 274 g/mol. The Hall–Kier alpha value is -1.35. The van der Waals surface area contributed by atoms with Crippen LogP contribution in [0.4, 0.5) is 0 Å². The summed E-state index contributed by atoms with van der Waals surface area (Å²) >= 11 is 0. The maximum atomic E-state index is 12.7. The molecule has 1 aromatic carbocycles. The Balaban J connectivity index is 2.24. The second-order valence-electron chi connectivity index (χ2n) is 6.89. The minimum atomic E-state index is -0.438. The van der Waals surface area contributed by atoms with Gasteiger partial charge in [0.15, 0.2) is 0 Å². The molecule has 0 saturated carbocycles. The molecule has 3 nitrogen and oxygen atoms in total. The van der Waals surface area contributed by atoms with E-state index in [0.29, 0.717) is 0 Å². The summed E-state index contributed by atoms with van der Waals surface area (Å²) in [6, 6.07) is 8.09. The van der Waals surface area contributed by atoms with Gasteiger partial charge in [-0.3, -0.25) is 4.79 Å². The molecule has 0 radical (unpaired) electrons. The number of rotatable bonds is 2. The van der Waals surface area contributed by atoms with Crippen LogP contribution in [0.5, 0.6) is 0 Å². The molecule has 3 heteroatoms. The fourth-order valence-electron chi connectivity index (χ4n) is 2.86. The van der Waals surface area contributed by atoms with Crippen LogP contribution in [0.2, 0.25) is 0 Å². The molecule has 1 aliphatic rings. The molecule has 2 rings (SSSR count). The quantitative estimate of drug-likeness (QED) is 0.901. The maximum absolute atomic E-state index is 12.7. The van der Waals surface area contributed by atoms with E-state index in [9.17, 15) is 4.79 Å². The zero-order valence-corrected chi connectivity index (χ0v) is 13.0. The molecule has 2 unspecified atom stereocenters. The van der Waals surface area contributed by atoms with E-state index in [1.54, 1.807) is 0 Å². The standard InChI is InChI=1S/C17H26N2O/c1-12-8-5-6-9-13(12)14-10-7-11-19(14)16(20)15(18)17(2,3)4/h5-6,8-9,14-15H,7,10-11,18H2,1-4H3. The van der Waals surface area contributed by atoms with Gasteiger partial charge in [-0.1, -0.05) is 45.0 Å². The lowest BCUT2D eigenvalue weighted by Gasteiger charge is -2.33. The first-order valence-electron chi connectivity index (χ1n) is 7.44. The monoisotopic (exact) mass is 274 g/mol. The molecule has 0 spiro atoms. The molecule has 1 aliphatic heterocycles. The van der Waals surface area contributed by atoms with Crippen molar-refractivity contribution in [2.24, 2.45) is 11.1 Å². The fraction of sp³-hybridized carbons (Fsp3) is 0.588. The van der Waals surface area contributed by atoms with E-state index in [4.69, 9.17) is 5.73 Å². The third-order valence-electron chi connectivity index (χ3n) is 4.28. The average Bonchev–Trinajstić information content (AvgIpc) is 2.85. The number of hydrogen-bond donors (Lipinski definition) is 1. The minimum absolute atomic E-state index is 0.0863. The van der Waals surface area contributed by atoms with Gasteiger partial charge in [0, 0.05) is 6.54 Å². The Labute approximate surface area is 122 Å². The molecule has 1 aromatic rings. The van der Waals surface area contributed by atoms with Crippen molar-refractivity contribution in [3.8, 4) is 0 Å². The fourth-order valence-corrected chi connectivity index (χ4v) is 2.86. The van der Waals surface area contributed by atoms with Crippen molar-refractivity contribution in [3.63, 3.8) is 0 Å². The van der Waals surface area contributed by atoms with Gasteiger partial charge in [-0.2, -0.15) is 0 Å². The van der Waals surface area contributed by atoms with Crippen LogP contribution in [0.15, 0.2) is 24.3 Å². The van der Waals surface area contributed by atoms with Crippen LogP contribution in [0.1, 0.15) is 50.8 Å². The highest BCUT2D eigenvalue weighted by atomic mass is 16.2. The van der Waals surface area contributed by atoms with Crippen LogP contribution in [-0.2, 0) is 4.79 Å². The van der Waals surface area contributed by atoms with Gasteiger partial charge < -0.3 is 10.6 Å². The summed E-state index contributed by atoms with van der Waals surface area (Å²) in [6.07, 6.45) is 2.09. The van der Waals surface area contributed by atoms with Gasteiger partial charge >= 0.3 is 0 Å². The summed E-state index contributed by atoms with van der Waals surface area (Å²) in [5.74, 6) is 0.0863. The lowest BCUT2D eigenvalue weighted by molar-refractivity contribution is -0.135. The van der Waals surface area contributed by atoms with Gasteiger partial charge in [0.05, 0.1) is 12.1 Å². The number of amides is 1. The van der Waals surface area contributed by atoms with Crippen molar-refractivity contribution in [2.45, 2.75) is 52.6 Å². The number of aryl methyl sites for hydroxylation is 1. The molecular weight excluding hydrogens is 248 g/mol. The Kier molecular flexibility index (Phi) is 4.19. The molecular formula is C17H26N2O. The molecule has 1 amide bonds. The molecule has 1 fully saturated rings. The van der Waals surface area contributed by atoms with Crippen molar-refractivity contribution >= 4 is 5.91 Å². The first-order valence-corrected chi connectivity index (χ1v) is 7.44. The van der Waals surface area contributed by atoms with Gasteiger partial charge in [0.1, 0.15) is 0 Å². The van der Waals surface area contributed by atoms with Crippen molar-refractivity contribution in [1.82, 2.24) is 4.90 Å². The SMILES string of the molecule is Cc1ccccc1C1CCCN1C(=O)C(N)C(C)(C)C. The number of hydrogen-bond acceptors (Lipinski definition) is 2. The molecule has 110 valence electrons. The lowest BCUT2D eigenvalue weighted by atomic mass is 9.86. The molecule has 0 bridgehead atoms. The second kappa shape index (κ2) is 5.57. The van der Waals surface area contributed by atoms with Gasteiger partial charge in [-0.05, 0) is 36.3 Å². The molecule has 2 N–H and O–H groups in total. The predicted octanol–water partition coefficient (Wildman–Crippen LogP) is 3.03. The lowest BCUT2D eigenvalue weighted by Crippen LogP contribution is -2.50. The van der Waals surface area contributed by atoms with E-state index in [-0.39, 0.29) is 17.4 Å². The molecule has 1 heterocycles. The van der Waals surface area contributed by atoms with E-state index in [1.807, 2.05) is 37.8 Å². The van der Waals surface area contributed by atoms with Gasteiger partial charge in [-0.25, -0.2) is 0 Å². The maximum Gasteiger partial charge on any atom is 0.240 e. The van der Waals surface area contributed by atoms with Crippen LogP contribution in [0, 0.1) is 12.3 Å². The smallest absolute Gasteiger partial charge is 0.240 e. The van der Waals surface area contributed by atoms with E-state index in [0.717, 1.165) is 19.4 Å². The van der Waals surface area contributed by atoms with Crippen LogP contribution in [0.25, 0.3) is 0 Å². The van der Waals surface area contributed by atoms with Crippen LogP contribution < -0.4 is 5.73 Å². The first kappa shape index (κ1) is 15.0. The van der Waals surface area contributed by atoms with Crippen molar-refractivity contribution in [2.75, 3.05) is 6.54 Å². The summed E-state index contributed by atoms with van der Waals surface area (Å²) < 4.78 is 0. The number of nitrogens with zero attached hydrogens (tertiary/aromatic N) is 1. The topological polar surface area (TPSA) is 46.3 Å². The zero-order valence-electron chi connectivity index (χ0n) is 13.0. The number of carbonyl (C=O) groups is 1. The van der Waals surface area contributed by atoms with Gasteiger partial charge in [0.2, 0.25) is 5.91 Å². The molecule has 0 aromatic heterocycles. The summed E-state index contributed by atoms with van der Waals surface area (Å²) in [5, 5.41) is 0. The largest absolute Gasteiger partial charge is 0.334 e. The molecule has 2 atom stereocenters. The van der Waals surface area contributed by atoms with Crippen molar-refractivity contribution in [3.05, 3.63) is 35.4 Å². The Morgan fingerprint density at radius 3 is 2.60 bits per heavy atom. The molecule has 20 heavy (non-hydrogen) atoms. The number of nitrogens with two attached hydrogens (primary N) is 1. The van der Waals surface area contributed by atoms with Crippen molar-refractivity contribution < 1.29 is 4.79 Å². The third-order valence-corrected chi connectivity index (χ3v) is 4.28. The zero-order chi connectivity index (χ0) is 14.9. The van der Waals surface area contributed by atoms with Gasteiger partial charge in [0.25, 0.3) is 0 Å².